The van der Waals surface area contributed by atoms with E-state index in [9.17, 15) is 39.3 Å². The number of fused-ring (bicyclic) bond motifs is 5. The minimum Gasteiger partial charge on any atom is -0.508 e. The first-order chi connectivity index (χ1) is 30.2. The maximum absolute atomic E-state index is 14.1. The van der Waals surface area contributed by atoms with Crippen LogP contribution in [0.15, 0.2) is 81.6 Å². The number of benzene rings is 2. The van der Waals surface area contributed by atoms with Crippen molar-refractivity contribution in [2.24, 2.45) is 11.8 Å². The van der Waals surface area contributed by atoms with Gasteiger partial charge in [-0.1, -0.05) is 45.9 Å². The van der Waals surface area contributed by atoms with Crippen LogP contribution in [0.5, 0.6) is 5.75 Å². The van der Waals surface area contributed by atoms with Crippen molar-refractivity contribution in [2.75, 3.05) is 13.1 Å². The van der Waals surface area contributed by atoms with E-state index in [1.807, 2.05) is 20.8 Å². The Bertz CT molecular complexity index is 2900. The summed E-state index contributed by atoms with van der Waals surface area (Å²) >= 11 is 0. The Balaban J connectivity index is 0.887. The summed E-state index contributed by atoms with van der Waals surface area (Å²) < 4.78 is 14.7. The number of carbonyl (C=O) groups is 3. The highest BCUT2D eigenvalue weighted by molar-refractivity contribution is 5.91. The number of aliphatic hydroxyl groups is 2. The second-order valence-electron chi connectivity index (χ2n) is 17.0. The number of rotatable bonds is 9. The first-order valence-corrected chi connectivity index (χ1v) is 21.4. The van der Waals surface area contributed by atoms with E-state index < -0.39 is 41.2 Å². The zero-order valence-corrected chi connectivity index (χ0v) is 35.4. The molecule has 16 heteroatoms. The van der Waals surface area contributed by atoms with Crippen LogP contribution in [0.1, 0.15) is 86.5 Å². The van der Waals surface area contributed by atoms with Crippen molar-refractivity contribution in [1.29, 1.82) is 0 Å². The molecule has 4 N–H and O–H groups in total. The van der Waals surface area contributed by atoms with Gasteiger partial charge < -0.3 is 34.3 Å². The molecule has 63 heavy (non-hydrogen) atoms. The molecule has 9 rings (SSSR count). The summed E-state index contributed by atoms with van der Waals surface area (Å²) in [6, 6.07) is 13.6. The zero-order chi connectivity index (χ0) is 44.5. The van der Waals surface area contributed by atoms with Crippen LogP contribution in [-0.2, 0) is 55.5 Å². The number of aromatic nitrogens is 5. The number of aryl methyl sites for hydroxylation is 1. The summed E-state index contributed by atoms with van der Waals surface area (Å²) in [6.45, 7) is 8.12. The normalized spacial score (nSPS) is 20.8. The highest BCUT2D eigenvalue weighted by Gasteiger charge is 2.51. The lowest BCUT2D eigenvalue weighted by atomic mass is 9.85. The largest absolute Gasteiger partial charge is 0.508 e. The van der Waals surface area contributed by atoms with E-state index in [1.165, 1.54) is 10.6 Å². The summed E-state index contributed by atoms with van der Waals surface area (Å²) in [5.41, 5.74) is 3.24. The van der Waals surface area contributed by atoms with Gasteiger partial charge in [0, 0.05) is 29.6 Å². The van der Waals surface area contributed by atoms with Crippen molar-refractivity contribution in [2.45, 2.75) is 90.6 Å². The highest BCUT2D eigenvalue weighted by Crippen LogP contribution is 2.43. The zero-order valence-electron chi connectivity index (χ0n) is 35.4. The lowest BCUT2D eigenvalue weighted by molar-refractivity contribution is -0.192. The Kier molecular flexibility index (Phi) is 10.4. The smallest absolute Gasteiger partial charge is 0.355 e. The minimum absolute atomic E-state index is 0.00506. The number of aliphatic hydroxyl groups excluding tert-OH is 2. The first kappa shape index (κ1) is 41.5. The van der Waals surface area contributed by atoms with Crippen LogP contribution in [0.4, 0.5) is 0 Å². The van der Waals surface area contributed by atoms with E-state index in [2.05, 4.69) is 10.2 Å². The Morgan fingerprint density at radius 1 is 1.00 bits per heavy atom. The summed E-state index contributed by atoms with van der Waals surface area (Å²) in [6.07, 6.45) is 3.31. The van der Waals surface area contributed by atoms with Crippen LogP contribution in [-0.4, -0.2) is 81.6 Å². The van der Waals surface area contributed by atoms with Crippen molar-refractivity contribution in [3.05, 3.63) is 126 Å². The number of piperidine rings is 1. The molecule has 1 saturated heterocycles. The number of H-pyrrole nitrogens is 1. The van der Waals surface area contributed by atoms with E-state index in [0.717, 1.165) is 16.5 Å². The lowest BCUT2D eigenvalue weighted by Crippen LogP contribution is -2.49. The molecule has 3 atom stereocenters. The molecule has 4 aliphatic rings. The third-order valence-corrected chi connectivity index (χ3v) is 13.1. The predicted octanol–water partition coefficient (Wildman–Crippen LogP) is 4.74. The number of ether oxygens (including phenoxy) is 2. The number of cyclic esters (lactones) is 1. The van der Waals surface area contributed by atoms with Crippen LogP contribution < -0.4 is 11.2 Å². The molecule has 1 aliphatic carbocycles. The molecule has 3 aromatic heterocycles. The van der Waals surface area contributed by atoms with Gasteiger partial charge in [0.1, 0.15) is 23.9 Å². The second kappa shape index (κ2) is 15.8. The van der Waals surface area contributed by atoms with Gasteiger partial charge in [0.15, 0.2) is 0 Å². The highest BCUT2D eigenvalue weighted by atomic mass is 16.6. The lowest BCUT2D eigenvalue weighted by Gasteiger charge is -2.38. The molecule has 16 nitrogen and oxygen atoms in total. The molecule has 0 spiro atoms. The first-order valence-electron chi connectivity index (χ1n) is 21.4. The van der Waals surface area contributed by atoms with Crippen LogP contribution >= 0.6 is 0 Å². The van der Waals surface area contributed by atoms with Crippen molar-refractivity contribution >= 4 is 28.7 Å². The molecule has 3 aliphatic heterocycles. The quantitative estimate of drug-likeness (QED) is 0.145. The summed E-state index contributed by atoms with van der Waals surface area (Å²) in [5, 5.41) is 38.8. The molecule has 0 saturated carbocycles. The van der Waals surface area contributed by atoms with Crippen molar-refractivity contribution in [3.8, 4) is 22.8 Å². The molecule has 0 bridgehead atoms. The molecular weight excluding hydrogens is 809 g/mol. The number of pyridine rings is 2. The summed E-state index contributed by atoms with van der Waals surface area (Å²) in [5.74, 6) is -2.44. The molecular formula is C47H48N6O10. The fourth-order valence-electron chi connectivity index (χ4n) is 9.62. The Hall–Kier alpha value is -6.81. The van der Waals surface area contributed by atoms with Gasteiger partial charge in [-0.15, -0.1) is 0 Å². The SMILES string of the molecule is CCc1c2c(nc3ccc(O)cc13)-c1cc3c(c(=O)n1C2)COC(=O)C3(CC)OC(=O)C1CCN(C(=O)Cc2ccc(-n3c(C4C=C(C(C)C)C(O)=CC4O)n[nH]c3=O)cc2)CC1. The molecule has 326 valence electrons. The minimum atomic E-state index is -1.86. The molecule has 5 aromatic rings. The number of aromatic amines is 1. The summed E-state index contributed by atoms with van der Waals surface area (Å²) in [4.78, 5) is 74.9. The molecule has 2 aromatic carbocycles. The van der Waals surface area contributed by atoms with E-state index in [0.29, 0.717) is 53.0 Å². The van der Waals surface area contributed by atoms with Gasteiger partial charge in [-0.25, -0.2) is 24.2 Å². The number of allylic oxidation sites excluding steroid dienone is 1. The third kappa shape index (κ3) is 6.92. The number of phenolic OH excluding ortho intramolecular Hbond substituents is 1. The predicted molar refractivity (Wildman–Crippen MR) is 229 cm³/mol. The van der Waals surface area contributed by atoms with Gasteiger partial charge in [0.25, 0.3) is 5.56 Å². The average Bonchev–Trinajstić information content (AvgIpc) is 3.84. The maximum atomic E-state index is 14.1. The van der Waals surface area contributed by atoms with Gasteiger partial charge in [0.05, 0.1) is 59.1 Å². The molecule has 0 radical (unpaired) electrons. The molecule has 6 heterocycles. The number of esters is 2. The van der Waals surface area contributed by atoms with Crippen LogP contribution in [0, 0.1) is 11.8 Å². The monoisotopic (exact) mass is 856 g/mol. The van der Waals surface area contributed by atoms with Crippen LogP contribution in [0.25, 0.3) is 28.0 Å². The van der Waals surface area contributed by atoms with Gasteiger partial charge >= 0.3 is 17.6 Å². The Labute approximate surface area is 361 Å². The number of hydrogen-bond acceptors (Lipinski definition) is 12. The number of nitrogens with one attached hydrogen (secondary N) is 1. The van der Waals surface area contributed by atoms with Crippen molar-refractivity contribution < 1.29 is 39.2 Å². The fourth-order valence-corrected chi connectivity index (χ4v) is 9.62. The number of phenols is 1. The number of carbonyl (C=O) groups excluding carboxylic acids is 3. The molecule has 1 fully saturated rings. The standard InChI is InChI=1S/C47H48N6O10/c1-5-29-31-18-28(54)11-12-36(31)48-41-33(29)22-52-37(41)20-35-34(43(52)58)23-62-45(60)47(35,6-2)63-44(59)26-13-15-51(16-14-26)40(57)17-25-7-9-27(10-8-25)53-42(49-50-46(53)61)32-19-30(24(3)4)38(55)21-39(32)56/h7-12,18-21,24,26,32,39,54-56H,5-6,13-17,22-23H2,1-4H3,(H,50,61). The average molecular weight is 857 g/mol. The van der Waals surface area contributed by atoms with Gasteiger partial charge in [-0.05, 0) is 90.8 Å². The van der Waals surface area contributed by atoms with E-state index in [1.54, 1.807) is 71.0 Å². The second-order valence-corrected chi connectivity index (χ2v) is 17.0. The van der Waals surface area contributed by atoms with E-state index in [4.69, 9.17) is 14.5 Å². The van der Waals surface area contributed by atoms with Crippen LogP contribution in [0.2, 0.25) is 0 Å². The fraction of sp³-hybridized carbons (Fsp3) is 0.383. The topological polar surface area (TPSA) is 219 Å². The number of aromatic hydroxyl groups is 1. The number of hydrogen-bond donors (Lipinski definition) is 4. The maximum Gasteiger partial charge on any atom is 0.355 e. The third-order valence-electron chi connectivity index (χ3n) is 13.1. The number of nitrogens with zero attached hydrogens (tertiary/aromatic N) is 5. The van der Waals surface area contributed by atoms with E-state index in [-0.39, 0.29) is 84.9 Å². The van der Waals surface area contributed by atoms with Crippen molar-refractivity contribution in [1.82, 2.24) is 29.2 Å². The van der Waals surface area contributed by atoms with Crippen LogP contribution in [0.3, 0.4) is 0 Å². The Morgan fingerprint density at radius 2 is 1.75 bits per heavy atom. The molecule has 3 unspecified atom stereocenters. The van der Waals surface area contributed by atoms with Gasteiger partial charge in [0.2, 0.25) is 11.5 Å². The van der Waals surface area contributed by atoms with E-state index >= 15 is 0 Å². The van der Waals surface area contributed by atoms with Crippen molar-refractivity contribution in [3.63, 3.8) is 0 Å². The molecule has 1 amide bonds. The van der Waals surface area contributed by atoms with Gasteiger partial charge in [-0.2, -0.15) is 5.10 Å². The number of likely N-dealkylation sites (tertiary alicyclic amines) is 1. The summed E-state index contributed by atoms with van der Waals surface area (Å²) in [7, 11) is 0. The number of amides is 1. The van der Waals surface area contributed by atoms with Gasteiger partial charge in [-0.3, -0.25) is 14.4 Å². The Morgan fingerprint density at radius 3 is 2.44 bits per heavy atom.